The lowest BCUT2D eigenvalue weighted by Gasteiger charge is -2.38. The zero-order valence-corrected chi connectivity index (χ0v) is 22.7. The van der Waals surface area contributed by atoms with Crippen LogP contribution in [0, 0.1) is 5.92 Å². The molecule has 2 aromatic rings. The number of carbonyl (C=O) groups excluding carboxylic acids is 1. The summed E-state index contributed by atoms with van der Waals surface area (Å²) < 4.78 is 35.1. The molecule has 37 heavy (non-hydrogen) atoms. The van der Waals surface area contributed by atoms with E-state index in [1.807, 2.05) is 19.1 Å². The molecule has 1 aliphatic carbocycles. The van der Waals surface area contributed by atoms with Crippen molar-refractivity contribution in [2.24, 2.45) is 5.92 Å². The van der Waals surface area contributed by atoms with Gasteiger partial charge in [-0.2, -0.15) is 4.31 Å². The van der Waals surface area contributed by atoms with E-state index < -0.39 is 22.2 Å². The fourth-order valence-corrected chi connectivity index (χ4v) is 6.87. The summed E-state index contributed by atoms with van der Waals surface area (Å²) in [5.41, 5.74) is 1.61. The molecule has 1 aromatic carbocycles. The average molecular weight is 531 g/mol. The monoisotopic (exact) mass is 530 g/mol. The molecule has 2 N–H and O–H groups in total. The zero-order valence-electron chi connectivity index (χ0n) is 21.8. The minimum absolute atomic E-state index is 0.0478. The SMILES string of the molecule is C[C@@H]1CN([C@@H](C)CO)S(=O)(=O)c2ccc(-c3cccnc3)cc2O[C@H]1CN(C)C(=O)NC1CCCCC1. The molecular formula is C27H38N4O5S. The Morgan fingerprint density at radius 1 is 1.24 bits per heavy atom. The Hall–Kier alpha value is -2.69. The second kappa shape index (κ2) is 11.8. The first-order valence-corrected chi connectivity index (χ1v) is 14.5. The number of nitrogens with one attached hydrogen (secondary N) is 1. The number of pyridine rings is 1. The van der Waals surface area contributed by atoms with Crippen molar-refractivity contribution in [3.63, 3.8) is 0 Å². The Kier molecular flexibility index (Phi) is 8.71. The van der Waals surface area contributed by atoms with Crippen molar-refractivity contribution in [3.8, 4) is 16.9 Å². The molecule has 0 radical (unpaired) electrons. The van der Waals surface area contributed by atoms with E-state index in [2.05, 4.69) is 10.3 Å². The Balaban J connectivity index is 1.65. The number of sulfonamides is 1. The highest BCUT2D eigenvalue weighted by molar-refractivity contribution is 7.89. The van der Waals surface area contributed by atoms with Gasteiger partial charge in [0.15, 0.2) is 0 Å². The van der Waals surface area contributed by atoms with Crippen LogP contribution in [0.1, 0.15) is 46.0 Å². The molecule has 1 aromatic heterocycles. The molecule has 0 saturated heterocycles. The first-order chi connectivity index (χ1) is 17.7. The van der Waals surface area contributed by atoms with E-state index in [1.165, 1.54) is 10.7 Å². The number of rotatable bonds is 6. The van der Waals surface area contributed by atoms with E-state index in [-0.39, 0.29) is 48.3 Å². The highest BCUT2D eigenvalue weighted by Crippen LogP contribution is 2.36. The first-order valence-electron chi connectivity index (χ1n) is 13.1. The summed E-state index contributed by atoms with van der Waals surface area (Å²) in [4.78, 5) is 18.8. The second-order valence-corrected chi connectivity index (χ2v) is 12.2. The van der Waals surface area contributed by atoms with Gasteiger partial charge in [0.25, 0.3) is 0 Å². The summed E-state index contributed by atoms with van der Waals surface area (Å²) in [6, 6.07) is 8.16. The molecule has 1 fully saturated rings. The summed E-state index contributed by atoms with van der Waals surface area (Å²) in [5.74, 6) is -0.0157. The molecule has 2 aliphatic rings. The summed E-state index contributed by atoms with van der Waals surface area (Å²) >= 11 is 0. The highest BCUT2D eigenvalue weighted by Gasteiger charge is 2.38. The number of nitrogens with zero attached hydrogens (tertiary/aromatic N) is 3. The van der Waals surface area contributed by atoms with Gasteiger partial charge in [-0.3, -0.25) is 4.98 Å². The number of hydrogen-bond donors (Lipinski definition) is 2. The molecule has 2 heterocycles. The molecule has 3 atom stereocenters. The lowest BCUT2D eigenvalue weighted by Crippen LogP contribution is -2.52. The van der Waals surface area contributed by atoms with Crippen LogP contribution in [0.5, 0.6) is 5.75 Å². The summed E-state index contributed by atoms with van der Waals surface area (Å²) in [5, 5.41) is 13.0. The number of amides is 2. The Labute approximate surface area is 219 Å². The maximum absolute atomic E-state index is 13.7. The van der Waals surface area contributed by atoms with Gasteiger partial charge in [0.05, 0.1) is 13.2 Å². The second-order valence-electron chi connectivity index (χ2n) is 10.3. The van der Waals surface area contributed by atoms with Gasteiger partial charge in [-0.05, 0) is 43.5 Å². The van der Waals surface area contributed by atoms with Crippen LogP contribution in [0.4, 0.5) is 4.79 Å². The van der Waals surface area contributed by atoms with Crippen LogP contribution in [0.2, 0.25) is 0 Å². The van der Waals surface area contributed by atoms with E-state index in [0.29, 0.717) is 0 Å². The normalized spacial score (nSPS) is 23.1. The van der Waals surface area contributed by atoms with E-state index in [9.17, 15) is 18.3 Å². The molecule has 2 amide bonds. The number of likely N-dealkylation sites (N-methyl/N-ethyl adjacent to an activating group) is 1. The third kappa shape index (κ3) is 6.25. The average Bonchev–Trinajstić information content (AvgIpc) is 2.91. The van der Waals surface area contributed by atoms with Gasteiger partial charge in [-0.15, -0.1) is 0 Å². The standard InChI is InChI=1S/C27H38N4O5S/c1-19-16-31(20(2)18-32)37(34,35)26-12-11-21(22-8-7-13-28-15-22)14-24(26)36-25(19)17-30(3)27(33)29-23-9-5-4-6-10-23/h7-8,11-15,19-20,23,25,32H,4-6,9-10,16-18H2,1-3H3,(H,29,33)/t19-,20+,25+/m1/s1. The Bertz CT molecular complexity index is 1170. The highest BCUT2D eigenvalue weighted by atomic mass is 32.2. The van der Waals surface area contributed by atoms with E-state index in [1.54, 1.807) is 49.5 Å². The molecule has 10 heteroatoms. The van der Waals surface area contributed by atoms with Crippen LogP contribution in [0.15, 0.2) is 47.6 Å². The molecule has 0 unspecified atom stereocenters. The van der Waals surface area contributed by atoms with Crippen molar-refractivity contribution in [3.05, 3.63) is 42.7 Å². The van der Waals surface area contributed by atoms with Gasteiger partial charge in [0.1, 0.15) is 16.7 Å². The molecule has 202 valence electrons. The number of ether oxygens (including phenoxy) is 1. The molecule has 0 spiro atoms. The van der Waals surface area contributed by atoms with Gasteiger partial charge < -0.3 is 20.1 Å². The van der Waals surface area contributed by atoms with E-state index in [4.69, 9.17) is 4.74 Å². The number of aliphatic hydroxyl groups is 1. The summed E-state index contributed by atoms with van der Waals surface area (Å²) in [6.45, 7) is 3.76. The zero-order chi connectivity index (χ0) is 26.6. The molecule has 9 nitrogen and oxygen atoms in total. The van der Waals surface area contributed by atoms with Crippen molar-refractivity contribution in [2.75, 3.05) is 26.7 Å². The molecule has 1 saturated carbocycles. The third-order valence-electron chi connectivity index (χ3n) is 7.40. The van der Waals surface area contributed by atoms with Crippen molar-refractivity contribution >= 4 is 16.1 Å². The van der Waals surface area contributed by atoms with Gasteiger partial charge in [0, 0.05) is 49.6 Å². The molecule has 4 rings (SSSR count). The number of aliphatic hydroxyl groups excluding tert-OH is 1. The maximum atomic E-state index is 13.7. The largest absolute Gasteiger partial charge is 0.487 e. The minimum atomic E-state index is -3.93. The van der Waals surface area contributed by atoms with Crippen LogP contribution in [-0.4, -0.2) is 78.7 Å². The number of carbonyl (C=O) groups is 1. The lowest BCUT2D eigenvalue weighted by atomic mass is 9.96. The van der Waals surface area contributed by atoms with Crippen LogP contribution in [0.25, 0.3) is 11.1 Å². The van der Waals surface area contributed by atoms with Crippen LogP contribution >= 0.6 is 0 Å². The smallest absolute Gasteiger partial charge is 0.317 e. The lowest BCUT2D eigenvalue weighted by molar-refractivity contribution is 0.0806. The minimum Gasteiger partial charge on any atom is -0.487 e. The summed E-state index contributed by atoms with van der Waals surface area (Å²) in [7, 11) is -2.19. The third-order valence-corrected chi connectivity index (χ3v) is 9.41. The van der Waals surface area contributed by atoms with Gasteiger partial charge in [-0.1, -0.05) is 38.3 Å². The van der Waals surface area contributed by atoms with Crippen LogP contribution in [0.3, 0.4) is 0 Å². The van der Waals surface area contributed by atoms with Crippen molar-refractivity contribution in [1.29, 1.82) is 0 Å². The summed E-state index contributed by atoms with van der Waals surface area (Å²) in [6.07, 6.45) is 8.37. The van der Waals surface area contributed by atoms with Gasteiger partial charge >= 0.3 is 6.03 Å². The number of fused-ring (bicyclic) bond motifs is 1. The van der Waals surface area contributed by atoms with E-state index >= 15 is 0 Å². The van der Waals surface area contributed by atoms with Crippen LogP contribution < -0.4 is 10.1 Å². The van der Waals surface area contributed by atoms with Gasteiger partial charge in [-0.25, -0.2) is 13.2 Å². The van der Waals surface area contributed by atoms with Crippen molar-refractivity contribution < 1.29 is 23.1 Å². The van der Waals surface area contributed by atoms with Gasteiger partial charge in [0.2, 0.25) is 10.0 Å². The maximum Gasteiger partial charge on any atom is 0.317 e. The quantitative estimate of drug-likeness (QED) is 0.591. The molecule has 0 bridgehead atoms. The Morgan fingerprint density at radius 3 is 2.68 bits per heavy atom. The fourth-order valence-electron chi connectivity index (χ4n) is 5.04. The number of urea groups is 1. The van der Waals surface area contributed by atoms with Crippen LogP contribution in [-0.2, 0) is 10.0 Å². The molecule has 1 aliphatic heterocycles. The Morgan fingerprint density at radius 2 is 2.00 bits per heavy atom. The number of hydrogen-bond acceptors (Lipinski definition) is 6. The van der Waals surface area contributed by atoms with E-state index in [0.717, 1.165) is 36.8 Å². The van der Waals surface area contributed by atoms with Crippen molar-refractivity contribution in [1.82, 2.24) is 19.5 Å². The number of aromatic nitrogens is 1. The predicted octanol–water partition coefficient (Wildman–Crippen LogP) is 3.49. The molecular weight excluding hydrogens is 492 g/mol. The number of benzene rings is 1. The van der Waals surface area contributed by atoms with Crippen molar-refractivity contribution in [2.45, 2.75) is 69.0 Å². The fraction of sp³-hybridized carbons (Fsp3) is 0.556. The predicted molar refractivity (Wildman–Crippen MR) is 142 cm³/mol. The first kappa shape index (κ1) is 27.3. The topological polar surface area (TPSA) is 112 Å².